The molecule has 0 unspecified atom stereocenters. The minimum atomic E-state index is -6.09. The number of rotatable bonds is 3. The van der Waals surface area contributed by atoms with Crippen molar-refractivity contribution in [1.82, 2.24) is 0 Å². The number of carbonyl (C=O) groups excluding carboxylic acids is 1. The average Bonchev–Trinajstić information content (AvgIpc) is 2.34. The van der Waals surface area contributed by atoms with E-state index < -0.39 is 35.6 Å². The summed E-state index contributed by atoms with van der Waals surface area (Å²) in [6.07, 6.45) is -12.2. The van der Waals surface area contributed by atoms with Gasteiger partial charge in [0.15, 0.2) is 0 Å². The molecular weight excluding hydrogens is 333 g/mol. The molecule has 0 aliphatic carbocycles. The van der Waals surface area contributed by atoms with E-state index in [1.807, 2.05) is 0 Å². The van der Waals surface area contributed by atoms with E-state index in [-0.39, 0.29) is 5.56 Å². The first-order valence-corrected chi connectivity index (χ1v) is 5.51. The van der Waals surface area contributed by atoms with Crippen molar-refractivity contribution in [2.45, 2.75) is 23.8 Å². The van der Waals surface area contributed by atoms with Gasteiger partial charge in [-0.05, 0) is 17.7 Å². The Labute approximate surface area is 118 Å². The van der Waals surface area contributed by atoms with Crippen molar-refractivity contribution >= 4 is 17.6 Å². The zero-order chi connectivity index (χ0) is 16.5. The number of hydrogen-bond donors (Lipinski definition) is 0. The van der Waals surface area contributed by atoms with Crippen molar-refractivity contribution in [2.24, 2.45) is 0 Å². The Kier molecular flexibility index (Phi) is 4.76. The predicted octanol–water partition coefficient (Wildman–Crippen LogP) is 3.97. The third-order valence-corrected chi connectivity index (χ3v) is 2.93. The maximum Gasteiger partial charge on any atom is 0.427 e. The fourth-order valence-corrected chi connectivity index (χ4v) is 1.28. The van der Waals surface area contributed by atoms with Crippen LogP contribution in [0.5, 0.6) is 0 Å². The van der Waals surface area contributed by atoms with Gasteiger partial charge in [0.2, 0.25) is 0 Å². The van der Waals surface area contributed by atoms with Gasteiger partial charge < -0.3 is 4.74 Å². The van der Waals surface area contributed by atoms with Crippen LogP contribution in [0.1, 0.15) is 5.56 Å². The number of benzene rings is 1. The van der Waals surface area contributed by atoms with E-state index in [1.165, 1.54) is 0 Å². The summed E-state index contributed by atoms with van der Waals surface area (Å²) in [6, 6.07) is 3.84. The molecule has 2 nitrogen and oxygen atoms in total. The second-order valence-electron chi connectivity index (χ2n) is 3.86. The molecule has 0 fully saturated rings. The van der Waals surface area contributed by atoms with Crippen molar-refractivity contribution in [3.05, 3.63) is 35.6 Å². The highest BCUT2D eigenvalue weighted by atomic mass is 35.5. The van der Waals surface area contributed by atoms with Crippen LogP contribution in [0.2, 0.25) is 0 Å². The Hall–Kier alpha value is -1.51. The van der Waals surface area contributed by atoms with Gasteiger partial charge in [0.25, 0.3) is 0 Å². The van der Waals surface area contributed by atoms with Crippen molar-refractivity contribution in [2.75, 3.05) is 0 Å². The fourth-order valence-electron chi connectivity index (χ4n) is 1.22. The van der Waals surface area contributed by atoms with Crippen LogP contribution < -0.4 is 0 Å². The summed E-state index contributed by atoms with van der Waals surface area (Å²) in [6.45, 7) is -0.917. The monoisotopic (exact) mass is 338 g/mol. The molecule has 1 rings (SSSR count). The Morgan fingerprint density at radius 1 is 1.00 bits per heavy atom. The van der Waals surface area contributed by atoms with Gasteiger partial charge in [0, 0.05) is 0 Å². The molecular formula is C11H6ClF7O2. The van der Waals surface area contributed by atoms with Crippen molar-refractivity contribution < 1.29 is 40.3 Å². The van der Waals surface area contributed by atoms with Gasteiger partial charge >= 0.3 is 23.2 Å². The second-order valence-corrected chi connectivity index (χ2v) is 4.42. The lowest BCUT2D eigenvalue weighted by molar-refractivity contribution is -0.268. The van der Waals surface area contributed by atoms with Crippen LogP contribution in [0, 0.1) is 5.82 Å². The normalized spacial score (nSPS) is 13.1. The number of hydrogen-bond acceptors (Lipinski definition) is 2. The molecule has 1 aromatic carbocycles. The molecule has 0 saturated heterocycles. The molecule has 0 aliphatic heterocycles. The van der Waals surface area contributed by atoms with Gasteiger partial charge in [-0.25, -0.2) is 9.18 Å². The topological polar surface area (TPSA) is 26.3 Å². The molecule has 118 valence electrons. The van der Waals surface area contributed by atoms with E-state index in [1.54, 1.807) is 0 Å². The first-order chi connectivity index (χ1) is 9.39. The van der Waals surface area contributed by atoms with Crippen LogP contribution in [0.25, 0.3) is 0 Å². The summed E-state index contributed by atoms with van der Waals surface area (Å²) in [5, 5.41) is 0. The first kappa shape index (κ1) is 17.5. The molecule has 0 amide bonds. The molecule has 21 heavy (non-hydrogen) atoms. The molecule has 0 aromatic heterocycles. The molecule has 10 heteroatoms. The van der Waals surface area contributed by atoms with Gasteiger partial charge in [-0.1, -0.05) is 23.7 Å². The molecule has 0 bridgehead atoms. The van der Waals surface area contributed by atoms with Crippen LogP contribution >= 0.6 is 11.6 Å². The van der Waals surface area contributed by atoms with E-state index >= 15 is 0 Å². The van der Waals surface area contributed by atoms with Gasteiger partial charge in [-0.2, -0.15) is 26.3 Å². The quantitative estimate of drug-likeness (QED) is 0.473. The fraction of sp³-hybridized carbons (Fsp3) is 0.364. The molecule has 0 radical (unpaired) electrons. The van der Waals surface area contributed by atoms with E-state index in [0.717, 1.165) is 24.3 Å². The molecule has 0 atom stereocenters. The zero-order valence-corrected chi connectivity index (χ0v) is 10.6. The summed E-state index contributed by atoms with van der Waals surface area (Å²) in [7, 11) is 0. The number of alkyl halides is 7. The summed E-state index contributed by atoms with van der Waals surface area (Å²) in [5.74, 6) is -3.38. The molecule has 1 aromatic rings. The Morgan fingerprint density at radius 2 is 1.43 bits per heavy atom. The zero-order valence-electron chi connectivity index (χ0n) is 9.86. The Bertz CT molecular complexity index is 493. The lowest BCUT2D eigenvalue weighted by atomic mass is 10.1. The van der Waals surface area contributed by atoms with E-state index in [9.17, 15) is 35.5 Å². The Morgan fingerprint density at radius 3 is 1.81 bits per heavy atom. The average molecular weight is 339 g/mol. The molecule has 0 saturated carbocycles. The maximum atomic E-state index is 12.6. The van der Waals surface area contributed by atoms with Crippen LogP contribution in [-0.2, 0) is 16.1 Å². The highest BCUT2D eigenvalue weighted by molar-refractivity contribution is 6.35. The standard InChI is InChI=1S/C11H6ClF7O2/c12-9(10(14,15)16,11(17,18)19)8(20)21-5-6-1-3-7(13)4-2-6/h1-4H,5H2. The third kappa shape index (κ3) is 3.58. The molecule has 0 heterocycles. The first-order valence-electron chi connectivity index (χ1n) is 5.13. The number of carbonyl (C=O) groups is 1. The lowest BCUT2D eigenvalue weighted by Gasteiger charge is -2.29. The van der Waals surface area contributed by atoms with Crippen LogP contribution in [0.3, 0.4) is 0 Å². The van der Waals surface area contributed by atoms with Crippen LogP contribution in [0.4, 0.5) is 30.7 Å². The van der Waals surface area contributed by atoms with E-state index in [0.29, 0.717) is 0 Å². The van der Waals surface area contributed by atoms with Gasteiger partial charge in [0.1, 0.15) is 12.4 Å². The molecule has 0 N–H and O–H groups in total. The maximum absolute atomic E-state index is 12.6. The van der Waals surface area contributed by atoms with Gasteiger partial charge in [-0.15, -0.1) is 0 Å². The van der Waals surface area contributed by atoms with Gasteiger partial charge in [0.05, 0.1) is 0 Å². The second kappa shape index (κ2) is 5.70. The third-order valence-electron chi connectivity index (χ3n) is 2.35. The van der Waals surface area contributed by atoms with Gasteiger partial charge in [-0.3, -0.25) is 0 Å². The van der Waals surface area contributed by atoms with E-state index in [4.69, 9.17) is 0 Å². The number of ether oxygens (including phenoxy) is 1. The lowest BCUT2D eigenvalue weighted by Crippen LogP contribution is -2.58. The number of esters is 1. The summed E-state index contributed by atoms with van der Waals surface area (Å²) in [4.78, 5) is 5.98. The molecule has 0 spiro atoms. The Balaban J connectivity index is 2.91. The minimum Gasteiger partial charge on any atom is -0.459 e. The van der Waals surface area contributed by atoms with Crippen LogP contribution in [-0.4, -0.2) is 23.2 Å². The largest absolute Gasteiger partial charge is 0.459 e. The van der Waals surface area contributed by atoms with Crippen LogP contribution in [0.15, 0.2) is 24.3 Å². The van der Waals surface area contributed by atoms with Crippen molar-refractivity contribution in [3.8, 4) is 0 Å². The molecule has 0 aliphatic rings. The SMILES string of the molecule is O=C(OCc1ccc(F)cc1)C(Cl)(C(F)(F)F)C(F)(F)F. The minimum absolute atomic E-state index is 0.00637. The van der Waals surface area contributed by atoms with Crippen molar-refractivity contribution in [1.29, 1.82) is 0 Å². The highest BCUT2D eigenvalue weighted by Crippen LogP contribution is 2.48. The smallest absolute Gasteiger partial charge is 0.427 e. The highest BCUT2D eigenvalue weighted by Gasteiger charge is 2.76. The van der Waals surface area contributed by atoms with Crippen molar-refractivity contribution in [3.63, 3.8) is 0 Å². The summed E-state index contributed by atoms with van der Waals surface area (Å²) in [5.41, 5.74) is -0.00637. The summed E-state index contributed by atoms with van der Waals surface area (Å²) < 4.78 is 91.1. The predicted molar refractivity (Wildman–Crippen MR) is 56.9 cm³/mol. The van der Waals surface area contributed by atoms with E-state index in [2.05, 4.69) is 16.3 Å². The summed E-state index contributed by atoms with van der Waals surface area (Å²) >= 11 is 4.45. The number of halogens is 8.